The number of hydrogen-bond acceptors (Lipinski definition) is 5. The number of piperidine rings is 1. The molecule has 1 N–H and O–H groups in total. The summed E-state index contributed by atoms with van der Waals surface area (Å²) in [5, 5.41) is 2.90. The Labute approximate surface area is 173 Å². The molecular weight excluding hydrogens is 392 g/mol. The lowest BCUT2D eigenvalue weighted by molar-refractivity contribution is -0.122. The summed E-state index contributed by atoms with van der Waals surface area (Å²) < 4.78 is 27.8. The van der Waals surface area contributed by atoms with Gasteiger partial charge in [0.1, 0.15) is 6.54 Å². The van der Waals surface area contributed by atoms with E-state index in [0.717, 1.165) is 17.7 Å². The highest BCUT2D eigenvalue weighted by Crippen LogP contribution is 2.19. The number of carbonyl (C=O) groups is 1. The summed E-state index contributed by atoms with van der Waals surface area (Å²) >= 11 is 0. The van der Waals surface area contributed by atoms with E-state index in [1.165, 1.54) is 41.9 Å². The third-order valence-electron chi connectivity index (χ3n) is 5.54. The van der Waals surface area contributed by atoms with Gasteiger partial charge in [0.2, 0.25) is 15.9 Å². The Bertz CT molecular complexity index is 853. The Morgan fingerprint density at radius 1 is 1.14 bits per heavy atom. The molecule has 0 spiro atoms. The van der Waals surface area contributed by atoms with Crippen molar-refractivity contribution in [2.75, 3.05) is 32.7 Å². The third kappa shape index (κ3) is 5.90. The minimum absolute atomic E-state index is 0.0160. The molecule has 1 aliphatic rings. The standard InChI is InChI=1S/C20H34N4O4S/c1-5-24(6-2)29(27,28)17-10-11-19(26)22(14-17)15-18(25)21-16-20(3,4)23-12-8-7-9-13-23/h10-11,14H,5-9,12-13,15-16H2,1-4H3,(H,21,25). The van der Waals surface area contributed by atoms with Gasteiger partial charge in [0, 0.05) is 37.4 Å². The molecule has 2 rings (SSSR count). The zero-order valence-electron chi connectivity index (χ0n) is 18.0. The molecule has 0 atom stereocenters. The van der Waals surface area contributed by atoms with Gasteiger partial charge in [0.25, 0.3) is 5.56 Å². The molecule has 1 aromatic rings. The second-order valence-electron chi connectivity index (χ2n) is 8.06. The van der Waals surface area contributed by atoms with E-state index in [1.54, 1.807) is 13.8 Å². The van der Waals surface area contributed by atoms with Gasteiger partial charge >= 0.3 is 0 Å². The molecule has 0 saturated carbocycles. The maximum Gasteiger partial charge on any atom is 0.251 e. The van der Waals surface area contributed by atoms with Gasteiger partial charge in [-0.15, -0.1) is 0 Å². The lowest BCUT2D eigenvalue weighted by Gasteiger charge is -2.41. The minimum atomic E-state index is -3.69. The van der Waals surface area contributed by atoms with Crippen LogP contribution in [-0.4, -0.2) is 66.4 Å². The molecule has 1 aromatic heterocycles. The van der Waals surface area contributed by atoms with Gasteiger partial charge < -0.3 is 9.88 Å². The van der Waals surface area contributed by atoms with Crippen LogP contribution >= 0.6 is 0 Å². The summed E-state index contributed by atoms with van der Waals surface area (Å²) in [7, 11) is -3.69. The highest BCUT2D eigenvalue weighted by Gasteiger charge is 2.28. The van der Waals surface area contributed by atoms with E-state index < -0.39 is 15.6 Å². The van der Waals surface area contributed by atoms with Gasteiger partial charge in [-0.3, -0.25) is 14.5 Å². The number of amides is 1. The first-order valence-corrected chi connectivity index (χ1v) is 11.8. The van der Waals surface area contributed by atoms with Crippen LogP contribution in [0.4, 0.5) is 0 Å². The van der Waals surface area contributed by atoms with E-state index in [9.17, 15) is 18.0 Å². The van der Waals surface area contributed by atoms with Crippen LogP contribution in [-0.2, 0) is 21.4 Å². The monoisotopic (exact) mass is 426 g/mol. The normalized spacial score (nSPS) is 16.2. The number of nitrogens with zero attached hydrogens (tertiary/aromatic N) is 3. The molecule has 8 nitrogen and oxygen atoms in total. The summed E-state index contributed by atoms with van der Waals surface area (Å²) in [5.74, 6) is -0.311. The first-order chi connectivity index (χ1) is 13.6. The highest BCUT2D eigenvalue weighted by molar-refractivity contribution is 7.89. The van der Waals surface area contributed by atoms with Crippen molar-refractivity contribution >= 4 is 15.9 Å². The lowest BCUT2D eigenvalue weighted by atomic mass is 9.98. The van der Waals surface area contributed by atoms with Crippen LogP contribution in [0.3, 0.4) is 0 Å². The molecule has 0 bridgehead atoms. The van der Waals surface area contributed by atoms with E-state index in [1.807, 2.05) is 0 Å². The number of likely N-dealkylation sites (tertiary alicyclic amines) is 1. The summed E-state index contributed by atoms with van der Waals surface area (Å²) in [5.41, 5.74) is -0.580. The lowest BCUT2D eigenvalue weighted by Crippen LogP contribution is -2.53. The molecule has 1 fully saturated rings. The zero-order valence-corrected chi connectivity index (χ0v) is 18.8. The van der Waals surface area contributed by atoms with Crippen molar-refractivity contribution in [3.05, 3.63) is 28.7 Å². The van der Waals surface area contributed by atoms with Crippen LogP contribution in [0.1, 0.15) is 47.0 Å². The number of rotatable bonds is 9. The fourth-order valence-electron chi connectivity index (χ4n) is 3.63. The first kappa shape index (κ1) is 23.6. The van der Waals surface area contributed by atoms with E-state index in [4.69, 9.17) is 0 Å². The Morgan fingerprint density at radius 2 is 1.76 bits per heavy atom. The van der Waals surface area contributed by atoms with Crippen LogP contribution in [0.25, 0.3) is 0 Å². The highest BCUT2D eigenvalue weighted by atomic mass is 32.2. The fraction of sp³-hybridized carbons (Fsp3) is 0.700. The Hall–Kier alpha value is -1.71. The quantitative estimate of drug-likeness (QED) is 0.642. The first-order valence-electron chi connectivity index (χ1n) is 10.3. The van der Waals surface area contributed by atoms with Crippen molar-refractivity contribution in [2.45, 2.75) is 63.9 Å². The van der Waals surface area contributed by atoms with Gasteiger partial charge in [0.05, 0.1) is 4.90 Å². The number of hydrogen-bond donors (Lipinski definition) is 1. The van der Waals surface area contributed by atoms with Gasteiger partial charge in [-0.05, 0) is 45.8 Å². The third-order valence-corrected chi connectivity index (χ3v) is 7.58. The predicted octanol–water partition coefficient (Wildman–Crippen LogP) is 1.26. The zero-order chi connectivity index (χ0) is 21.7. The number of aromatic nitrogens is 1. The van der Waals surface area contributed by atoms with Crippen LogP contribution in [0.2, 0.25) is 0 Å². The molecule has 0 aliphatic carbocycles. The number of pyridine rings is 1. The molecule has 1 aliphatic heterocycles. The largest absolute Gasteiger partial charge is 0.353 e. The molecular formula is C20H34N4O4S. The van der Waals surface area contributed by atoms with Crippen LogP contribution < -0.4 is 10.9 Å². The molecule has 2 heterocycles. The maximum absolute atomic E-state index is 12.7. The Balaban J connectivity index is 2.07. The van der Waals surface area contributed by atoms with Gasteiger partial charge in [0.15, 0.2) is 0 Å². The molecule has 1 saturated heterocycles. The SMILES string of the molecule is CCN(CC)S(=O)(=O)c1ccc(=O)n(CC(=O)NCC(C)(C)N2CCCCC2)c1. The fourth-order valence-corrected chi connectivity index (χ4v) is 5.11. The van der Waals surface area contributed by atoms with Crippen LogP contribution in [0, 0.1) is 0 Å². The van der Waals surface area contributed by atoms with Crippen molar-refractivity contribution in [3.8, 4) is 0 Å². The van der Waals surface area contributed by atoms with E-state index >= 15 is 0 Å². The second-order valence-corrected chi connectivity index (χ2v) is 10.00. The molecule has 0 aromatic carbocycles. The van der Waals surface area contributed by atoms with Crippen molar-refractivity contribution in [2.24, 2.45) is 0 Å². The summed E-state index contributed by atoms with van der Waals surface area (Å²) in [4.78, 5) is 27.0. The predicted molar refractivity (Wildman–Crippen MR) is 113 cm³/mol. The second kappa shape index (κ2) is 9.86. The number of carbonyl (C=O) groups excluding carboxylic acids is 1. The Morgan fingerprint density at radius 3 is 2.34 bits per heavy atom. The van der Waals surface area contributed by atoms with Gasteiger partial charge in [-0.1, -0.05) is 20.3 Å². The average Bonchev–Trinajstić information content (AvgIpc) is 2.69. The number of nitrogens with one attached hydrogen (secondary N) is 1. The van der Waals surface area contributed by atoms with E-state index in [2.05, 4.69) is 24.1 Å². The van der Waals surface area contributed by atoms with Crippen LogP contribution in [0.5, 0.6) is 0 Å². The summed E-state index contributed by atoms with van der Waals surface area (Å²) in [6, 6.07) is 2.49. The minimum Gasteiger partial charge on any atom is -0.353 e. The van der Waals surface area contributed by atoms with Gasteiger partial charge in [-0.25, -0.2) is 8.42 Å². The van der Waals surface area contributed by atoms with E-state index in [0.29, 0.717) is 19.6 Å². The molecule has 29 heavy (non-hydrogen) atoms. The van der Waals surface area contributed by atoms with E-state index in [-0.39, 0.29) is 22.9 Å². The molecule has 1 amide bonds. The van der Waals surface area contributed by atoms with Crippen molar-refractivity contribution in [1.29, 1.82) is 0 Å². The van der Waals surface area contributed by atoms with Crippen molar-refractivity contribution in [3.63, 3.8) is 0 Å². The van der Waals surface area contributed by atoms with Crippen molar-refractivity contribution < 1.29 is 13.2 Å². The maximum atomic E-state index is 12.7. The molecule has 0 unspecified atom stereocenters. The number of sulfonamides is 1. The topological polar surface area (TPSA) is 91.7 Å². The molecule has 0 radical (unpaired) electrons. The summed E-state index contributed by atoms with van der Waals surface area (Å²) in [6.07, 6.45) is 4.83. The molecule has 164 valence electrons. The average molecular weight is 427 g/mol. The van der Waals surface area contributed by atoms with Crippen LogP contribution in [0.15, 0.2) is 28.0 Å². The van der Waals surface area contributed by atoms with Gasteiger partial charge in [-0.2, -0.15) is 4.31 Å². The summed E-state index contributed by atoms with van der Waals surface area (Å²) in [6.45, 7) is 10.7. The smallest absolute Gasteiger partial charge is 0.251 e. The Kier molecular flexibility index (Phi) is 8.02. The van der Waals surface area contributed by atoms with Crippen molar-refractivity contribution in [1.82, 2.24) is 19.1 Å². The molecule has 9 heteroatoms.